The van der Waals surface area contributed by atoms with E-state index in [2.05, 4.69) is 95.6 Å². The molecule has 0 aliphatic heterocycles. The molecule has 0 saturated heterocycles. The lowest BCUT2D eigenvalue weighted by atomic mass is 10.1. The Bertz CT molecular complexity index is 1300. The van der Waals surface area contributed by atoms with Crippen LogP contribution in [0.2, 0.25) is 0 Å². The fourth-order valence-corrected chi connectivity index (χ4v) is 4.08. The lowest BCUT2D eigenvalue weighted by Crippen LogP contribution is -2.09. The largest absolute Gasteiger partial charge is 0.330 e. The molecule has 154 valence electrons. The van der Waals surface area contributed by atoms with E-state index in [-0.39, 0.29) is 5.54 Å². The van der Waals surface area contributed by atoms with Crippen molar-refractivity contribution in [2.75, 3.05) is 0 Å². The van der Waals surface area contributed by atoms with Gasteiger partial charge in [0.15, 0.2) is 0 Å². The number of halogens is 1. The van der Waals surface area contributed by atoms with Gasteiger partial charge in [-0.05, 0) is 66.5 Å². The number of aliphatic imine (C=N–C) groups is 1. The van der Waals surface area contributed by atoms with Gasteiger partial charge in [0.05, 0.1) is 10.1 Å². The molecule has 0 spiro atoms. The Hall–Kier alpha value is -3.09. The van der Waals surface area contributed by atoms with E-state index < -0.39 is 0 Å². The molecule has 0 saturated carbocycles. The van der Waals surface area contributed by atoms with Crippen molar-refractivity contribution in [3.8, 4) is 11.8 Å². The van der Waals surface area contributed by atoms with Gasteiger partial charge in [-0.15, -0.1) is 0 Å². The van der Waals surface area contributed by atoms with Crippen LogP contribution >= 0.6 is 15.9 Å². The summed E-state index contributed by atoms with van der Waals surface area (Å²) in [5, 5.41) is 1.19. The lowest BCUT2D eigenvalue weighted by Gasteiger charge is -2.11. The Morgan fingerprint density at radius 3 is 2.32 bits per heavy atom. The van der Waals surface area contributed by atoms with Crippen molar-refractivity contribution in [1.82, 2.24) is 4.57 Å². The first-order valence-corrected chi connectivity index (χ1v) is 11.2. The minimum Gasteiger partial charge on any atom is -0.330 e. The zero-order valence-corrected chi connectivity index (χ0v) is 19.6. The molecule has 0 unspecified atom stereocenters. The SMILES string of the molecule is CC(C)(C)N=Cc1c(Br)n(Cc2ccccc2C#Cc2ccccc2)c2ccccc12. The molecule has 1 heterocycles. The second-order valence-corrected chi connectivity index (χ2v) is 9.26. The van der Waals surface area contributed by atoms with Crippen LogP contribution in [0.3, 0.4) is 0 Å². The van der Waals surface area contributed by atoms with Gasteiger partial charge in [0.25, 0.3) is 0 Å². The molecular weight excluding hydrogens is 444 g/mol. The molecule has 31 heavy (non-hydrogen) atoms. The van der Waals surface area contributed by atoms with Gasteiger partial charge in [-0.1, -0.05) is 66.4 Å². The van der Waals surface area contributed by atoms with E-state index in [1.54, 1.807) is 0 Å². The van der Waals surface area contributed by atoms with Crippen molar-refractivity contribution < 1.29 is 0 Å². The second kappa shape index (κ2) is 8.96. The van der Waals surface area contributed by atoms with Gasteiger partial charge in [0.2, 0.25) is 0 Å². The van der Waals surface area contributed by atoms with Crippen LogP contribution in [0.15, 0.2) is 88.5 Å². The fraction of sp³-hybridized carbons (Fsp3) is 0.179. The quantitative estimate of drug-likeness (QED) is 0.226. The summed E-state index contributed by atoms with van der Waals surface area (Å²) in [6, 6.07) is 26.9. The Balaban J connectivity index is 1.76. The van der Waals surface area contributed by atoms with Crippen LogP contribution in [0.5, 0.6) is 0 Å². The van der Waals surface area contributed by atoms with Gasteiger partial charge in [-0.25, -0.2) is 0 Å². The van der Waals surface area contributed by atoms with Crippen LogP contribution in [0.1, 0.15) is 43.0 Å². The Kier molecular flexibility index (Phi) is 6.11. The molecule has 3 heteroatoms. The molecule has 2 nitrogen and oxygen atoms in total. The topological polar surface area (TPSA) is 17.3 Å². The van der Waals surface area contributed by atoms with Gasteiger partial charge in [-0.2, -0.15) is 0 Å². The van der Waals surface area contributed by atoms with Crippen LogP contribution in [-0.2, 0) is 6.54 Å². The number of para-hydroxylation sites is 1. The first kappa shape index (κ1) is 21.2. The predicted molar refractivity (Wildman–Crippen MR) is 135 cm³/mol. The third kappa shape index (κ3) is 4.98. The third-order valence-corrected chi connectivity index (χ3v) is 5.84. The molecule has 0 aliphatic carbocycles. The van der Waals surface area contributed by atoms with Crippen LogP contribution in [0.4, 0.5) is 0 Å². The molecular formula is C28H25BrN2. The Morgan fingerprint density at radius 1 is 0.871 bits per heavy atom. The van der Waals surface area contributed by atoms with Crippen molar-refractivity contribution in [3.05, 3.63) is 106 Å². The standard InChI is InChI=1S/C28H25BrN2/c1-28(2,3)30-19-25-24-15-9-10-16-26(24)31(27(25)29)20-23-14-8-7-13-22(23)18-17-21-11-5-4-6-12-21/h4-16,19H,20H2,1-3H3. The van der Waals surface area contributed by atoms with Crippen molar-refractivity contribution >= 4 is 33.0 Å². The van der Waals surface area contributed by atoms with Crippen LogP contribution in [0, 0.1) is 11.8 Å². The molecule has 0 amide bonds. The summed E-state index contributed by atoms with van der Waals surface area (Å²) in [5.41, 5.74) is 5.41. The molecule has 0 N–H and O–H groups in total. The monoisotopic (exact) mass is 468 g/mol. The van der Waals surface area contributed by atoms with Crippen molar-refractivity contribution in [1.29, 1.82) is 0 Å². The van der Waals surface area contributed by atoms with Gasteiger partial charge in [0, 0.05) is 40.4 Å². The Labute approximate surface area is 192 Å². The highest BCUT2D eigenvalue weighted by molar-refractivity contribution is 9.10. The number of fused-ring (bicyclic) bond motifs is 1. The number of rotatable bonds is 3. The number of hydrogen-bond acceptors (Lipinski definition) is 1. The van der Waals surface area contributed by atoms with E-state index >= 15 is 0 Å². The number of aromatic nitrogens is 1. The smallest absolute Gasteiger partial charge is 0.0949 e. The molecule has 3 aromatic carbocycles. The number of benzene rings is 3. The highest BCUT2D eigenvalue weighted by Crippen LogP contribution is 2.31. The molecule has 0 aliphatic rings. The van der Waals surface area contributed by atoms with Crippen molar-refractivity contribution in [2.45, 2.75) is 32.9 Å². The van der Waals surface area contributed by atoms with Crippen molar-refractivity contribution in [2.24, 2.45) is 4.99 Å². The zero-order chi connectivity index (χ0) is 21.8. The van der Waals surface area contributed by atoms with E-state index in [0.29, 0.717) is 0 Å². The maximum Gasteiger partial charge on any atom is 0.0949 e. The van der Waals surface area contributed by atoms with E-state index in [1.165, 1.54) is 16.5 Å². The average molecular weight is 469 g/mol. The lowest BCUT2D eigenvalue weighted by molar-refractivity contribution is 0.586. The fourth-order valence-electron chi connectivity index (χ4n) is 3.45. The van der Waals surface area contributed by atoms with Crippen LogP contribution < -0.4 is 0 Å². The first-order valence-electron chi connectivity index (χ1n) is 10.4. The minimum absolute atomic E-state index is 0.123. The first-order chi connectivity index (χ1) is 14.9. The van der Waals surface area contributed by atoms with Crippen LogP contribution in [-0.4, -0.2) is 16.3 Å². The molecule has 0 fully saturated rings. The van der Waals surface area contributed by atoms with Gasteiger partial charge < -0.3 is 4.57 Å². The Morgan fingerprint density at radius 2 is 1.55 bits per heavy atom. The summed E-state index contributed by atoms with van der Waals surface area (Å²) in [5.74, 6) is 6.65. The summed E-state index contributed by atoms with van der Waals surface area (Å²) < 4.78 is 3.33. The molecule has 0 radical (unpaired) electrons. The normalized spacial score (nSPS) is 11.6. The summed E-state index contributed by atoms with van der Waals surface area (Å²) in [7, 11) is 0. The second-order valence-electron chi connectivity index (χ2n) is 8.51. The maximum absolute atomic E-state index is 4.75. The summed E-state index contributed by atoms with van der Waals surface area (Å²) in [6.07, 6.45) is 1.99. The van der Waals surface area contributed by atoms with Gasteiger partial charge >= 0.3 is 0 Å². The minimum atomic E-state index is -0.123. The predicted octanol–water partition coefficient (Wildman–Crippen LogP) is 7.07. The molecule has 0 atom stereocenters. The van der Waals surface area contributed by atoms with Gasteiger partial charge in [-0.3, -0.25) is 4.99 Å². The molecule has 1 aromatic heterocycles. The highest BCUT2D eigenvalue weighted by Gasteiger charge is 2.16. The third-order valence-electron chi connectivity index (χ3n) is 4.99. The highest BCUT2D eigenvalue weighted by atomic mass is 79.9. The zero-order valence-electron chi connectivity index (χ0n) is 18.1. The van der Waals surface area contributed by atoms with Crippen LogP contribution in [0.25, 0.3) is 10.9 Å². The molecule has 4 aromatic rings. The summed E-state index contributed by atoms with van der Waals surface area (Å²) in [4.78, 5) is 4.75. The number of hydrogen-bond donors (Lipinski definition) is 0. The van der Waals surface area contributed by atoms with E-state index in [1.807, 2.05) is 42.6 Å². The average Bonchev–Trinajstić information content (AvgIpc) is 3.03. The van der Waals surface area contributed by atoms with Crippen molar-refractivity contribution in [3.63, 3.8) is 0 Å². The van der Waals surface area contributed by atoms with E-state index in [0.717, 1.165) is 27.8 Å². The number of nitrogens with zero attached hydrogens (tertiary/aromatic N) is 2. The molecule has 4 rings (SSSR count). The van der Waals surface area contributed by atoms with E-state index in [9.17, 15) is 0 Å². The maximum atomic E-state index is 4.75. The summed E-state index contributed by atoms with van der Waals surface area (Å²) >= 11 is 3.86. The van der Waals surface area contributed by atoms with Gasteiger partial charge in [0.1, 0.15) is 0 Å². The molecule has 0 bridgehead atoms. The summed E-state index contributed by atoms with van der Waals surface area (Å²) in [6.45, 7) is 7.05. The van der Waals surface area contributed by atoms with E-state index in [4.69, 9.17) is 4.99 Å².